The third-order valence-corrected chi connectivity index (χ3v) is 1.37. The Balaban J connectivity index is 2.95. The zero-order valence-electron chi connectivity index (χ0n) is 6.49. The summed E-state index contributed by atoms with van der Waals surface area (Å²) in [5.41, 5.74) is 14.5. The lowest BCUT2D eigenvalue weighted by Gasteiger charge is -2.00. The molecular weight excluding hydrogens is 154 g/mol. The lowest BCUT2D eigenvalue weighted by molar-refractivity contribution is 0.804. The molecule has 1 rings (SSSR count). The van der Waals surface area contributed by atoms with Gasteiger partial charge in [0.1, 0.15) is 0 Å². The molecule has 0 radical (unpaired) electrons. The second-order valence-electron chi connectivity index (χ2n) is 2.25. The van der Waals surface area contributed by atoms with E-state index in [2.05, 4.69) is 10.6 Å². The van der Waals surface area contributed by atoms with Gasteiger partial charge in [0.15, 0.2) is 5.84 Å². The van der Waals surface area contributed by atoms with Gasteiger partial charge in [-0.3, -0.25) is 0 Å². The standard InChI is InChI=1S/C7H11N5/c8-6-3-1-2-5(4-6)7(9)11-12-10/h1-4,12H,8,10H2,(H2,9,11). The third kappa shape index (κ3) is 1.86. The van der Waals surface area contributed by atoms with E-state index in [-0.39, 0.29) is 0 Å². The second kappa shape index (κ2) is 3.59. The number of hydrazine groups is 1. The highest BCUT2D eigenvalue weighted by Crippen LogP contribution is 2.05. The summed E-state index contributed by atoms with van der Waals surface area (Å²) in [5, 5.41) is 3.60. The number of nitrogens with two attached hydrogens (primary N) is 3. The van der Waals surface area contributed by atoms with Crippen LogP contribution >= 0.6 is 0 Å². The van der Waals surface area contributed by atoms with E-state index in [0.717, 1.165) is 5.56 Å². The van der Waals surface area contributed by atoms with E-state index in [1.54, 1.807) is 24.3 Å². The second-order valence-corrected chi connectivity index (χ2v) is 2.25. The van der Waals surface area contributed by atoms with E-state index in [1.807, 2.05) is 0 Å². The molecule has 0 unspecified atom stereocenters. The van der Waals surface area contributed by atoms with Crippen molar-refractivity contribution >= 4 is 11.5 Å². The van der Waals surface area contributed by atoms with Crippen molar-refractivity contribution in [1.82, 2.24) is 5.53 Å². The molecule has 0 atom stereocenters. The number of hydrogen-bond acceptors (Lipinski definition) is 4. The van der Waals surface area contributed by atoms with E-state index in [0.29, 0.717) is 11.5 Å². The van der Waals surface area contributed by atoms with Gasteiger partial charge in [-0.05, 0) is 12.1 Å². The lowest BCUT2D eigenvalue weighted by Crippen LogP contribution is -2.23. The van der Waals surface area contributed by atoms with Crippen LogP contribution in [-0.4, -0.2) is 5.84 Å². The van der Waals surface area contributed by atoms with Gasteiger partial charge in [0, 0.05) is 11.3 Å². The molecule has 0 aromatic heterocycles. The predicted molar refractivity (Wildman–Crippen MR) is 48.9 cm³/mol. The summed E-state index contributed by atoms with van der Waals surface area (Å²) in [6.07, 6.45) is 0. The van der Waals surface area contributed by atoms with Gasteiger partial charge in [0.2, 0.25) is 0 Å². The Morgan fingerprint density at radius 3 is 2.75 bits per heavy atom. The molecule has 5 heteroatoms. The molecule has 5 nitrogen and oxygen atoms in total. The molecule has 0 saturated carbocycles. The molecule has 0 aliphatic rings. The summed E-state index contributed by atoms with van der Waals surface area (Å²) in [4.78, 5) is 0. The quantitative estimate of drug-likeness (QED) is 0.154. The van der Waals surface area contributed by atoms with Crippen LogP contribution in [0.25, 0.3) is 0 Å². The summed E-state index contributed by atoms with van der Waals surface area (Å²) in [7, 11) is 0. The molecule has 0 aliphatic carbocycles. The van der Waals surface area contributed by atoms with Crippen LogP contribution in [0.3, 0.4) is 0 Å². The van der Waals surface area contributed by atoms with Crippen molar-refractivity contribution in [2.75, 3.05) is 5.73 Å². The fourth-order valence-corrected chi connectivity index (χ4v) is 0.832. The van der Waals surface area contributed by atoms with Crippen molar-refractivity contribution in [3.8, 4) is 0 Å². The number of nitrogens with one attached hydrogen (secondary N) is 1. The molecule has 7 N–H and O–H groups in total. The zero-order chi connectivity index (χ0) is 8.97. The Labute approximate surface area is 70.2 Å². The average Bonchev–Trinajstić information content (AvgIpc) is 2.05. The first kappa shape index (κ1) is 8.35. The van der Waals surface area contributed by atoms with E-state index < -0.39 is 0 Å². The van der Waals surface area contributed by atoms with E-state index in [9.17, 15) is 0 Å². The third-order valence-electron chi connectivity index (χ3n) is 1.37. The SMILES string of the molecule is NN/N=C(\N)c1cccc(N)c1. The number of anilines is 1. The van der Waals surface area contributed by atoms with E-state index in [1.165, 1.54) is 0 Å². The molecule has 0 aliphatic heterocycles. The number of nitrogen functional groups attached to an aromatic ring is 1. The lowest BCUT2D eigenvalue weighted by atomic mass is 10.2. The van der Waals surface area contributed by atoms with Crippen LogP contribution in [0.4, 0.5) is 5.69 Å². The number of rotatable bonds is 2. The highest BCUT2D eigenvalue weighted by atomic mass is 15.5. The molecule has 0 bridgehead atoms. The van der Waals surface area contributed by atoms with E-state index in [4.69, 9.17) is 17.3 Å². The first-order valence-electron chi connectivity index (χ1n) is 3.38. The molecule has 0 heterocycles. The van der Waals surface area contributed by atoms with Crippen LogP contribution in [0, 0.1) is 0 Å². The molecule has 0 amide bonds. The summed E-state index contributed by atoms with van der Waals surface area (Å²) >= 11 is 0. The van der Waals surface area contributed by atoms with Gasteiger partial charge in [0.05, 0.1) is 0 Å². The molecule has 0 spiro atoms. The number of amidine groups is 1. The Kier molecular flexibility index (Phi) is 2.49. The molecule has 64 valence electrons. The Hall–Kier alpha value is -1.75. The number of hydrogen-bond donors (Lipinski definition) is 4. The van der Waals surface area contributed by atoms with Gasteiger partial charge < -0.3 is 11.5 Å². The smallest absolute Gasteiger partial charge is 0.152 e. The highest BCUT2D eigenvalue weighted by Gasteiger charge is 1.96. The summed E-state index contributed by atoms with van der Waals surface area (Å²) in [5.74, 6) is 5.27. The molecular formula is C7H11N5. The highest BCUT2D eigenvalue weighted by molar-refractivity contribution is 5.97. The first-order chi connectivity index (χ1) is 5.74. The van der Waals surface area contributed by atoms with Crippen LogP contribution in [0.1, 0.15) is 5.56 Å². The Morgan fingerprint density at radius 2 is 2.17 bits per heavy atom. The Morgan fingerprint density at radius 1 is 1.42 bits per heavy atom. The zero-order valence-corrected chi connectivity index (χ0v) is 6.49. The van der Waals surface area contributed by atoms with Crippen LogP contribution in [0.2, 0.25) is 0 Å². The first-order valence-corrected chi connectivity index (χ1v) is 3.38. The maximum absolute atomic E-state index is 5.53. The maximum Gasteiger partial charge on any atom is 0.152 e. The van der Waals surface area contributed by atoms with Gasteiger partial charge in [-0.25, -0.2) is 11.4 Å². The summed E-state index contributed by atoms with van der Waals surface area (Å²) < 4.78 is 0. The van der Waals surface area contributed by atoms with Gasteiger partial charge in [-0.2, -0.15) is 0 Å². The minimum Gasteiger partial charge on any atom is -0.399 e. The normalized spacial score (nSPS) is 11.2. The van der Waals surface area contributed by atoms with Gasteiger partial charge in [0.25, 0.3) is 0 Å². The van der Waals surface area contributed by atoms with Gasteiger partial charge in [-0.15, -0.1) is 5.10 Å². The van der Waals surface area contributed by atoms with E-state index >= 15 is 0 Å². The van der Waals surface area contributed by atoms with Crippen molar-refractivity contribution in [1.29, 1.82) is 0 Å². The molecule has 1 aromatic rings. The maximum atomic E-state index is 5.53. The fraction of sp³-hybridized carbons (Fsp3) is 0. The minimum absolute atomic E-state index is 0.310. The predicted octanol–water partition coefficient (Wildman–Crippen LogP) is -0.648. The number of nitrogens with zero attached hydrogens (tertiary/aromatic N) is 1. The molecule has 0 saturated heterocycles. The van der Waals surface area contributed by atoms with Crippen molar-refractivity contribution < 1.29 is 0 Å². The van der Waals surface area contributed by atoms with Crippen molar-refractivity contribution in [2.24, 2.45) is 16.7 Å². The van der Waals surface area contributed by atoms with Gasteiger partial charge >= 0.3 is 0 Å². The van der Waals surface area contributed by atoms with Crippen LogP contribution in [-0.2, 0) is 0 Å². The van der Waals surface area contributed by atoms with Crippen LogP contribution < -0.4 is 22.8 Å². The number of benzene rings is 1. The van der Waals surface area contributed by atoms with Crippen molar-refractivity contribution in [3.63, 3.8) is 0 Å². The summed E-state index contributed by atoms with van der Waals surface area (Å²) in [6, 6.07) is 7.08. The Bertz CT molecular complexity index is 294. The number of hydrazone groups is 1. The minimum atomic E-state index is 0.310. The largest absolute Gasteiger partial charge is 0.399 e. The topological polar surface area (TPSA) is 102 Å². The molecule has 0 fully saturated rings. The average molecular weight is 165 g/mol. The molecule has 12 heavy (non-hydrogen) atoms. The van der Waals surface area contributed by atoms with Crippen LogP contribution in [0.5, 0.6) is 0 Å². The monoisotopic (exact) mass is 165 g/mol. The van der Waals surface area contributed by atoms with Crippen molar-refractivity contribution in [3.05, 3.63) is 29.8 Å². The van der Waals surface area contributed by atoms with Crippen LogP contribution in [0.15, 0.2) is 29.4 Å². The van der Waals surface area contributed by atoms with Gasteiger partial charge in [-0.1, -0.05) is 12.1 Å². The molecule has 1 aromatic carbocycles. The fourth-order valence-electron chi connectivity index (χ4n) is 0.832. The van der Waals surface area contributed by atoms with Crippen molar-refractivity contribution in [2.45, 2.75) is 0 Å². The summed E-state index contributed by atoms with van der Waals surface area (Å²) in [6.45, 7) is 0.